The Hall–Kier alpha value is -5.16. The van der Waals surface area contributed by atoms with E-state index in [1.54, 1.807) is 0 Å². The number of benzene rings is 7. The molecule has 0 bridgehead atoms. The predicted octanol–water partition coefficient (Wildman–Crippen LogP) is 12.9. The maximum atomic E-state index is 6.37. The van der Waals surface area contributed by atoms with Crippen molar-refractivity contribution in [3.8, 4) is 0 Å². The van der Waals surface area contributed by atoms with E-state index in [-0.39, 0.29) is 0 Å². The van der Waals surface area contributed by atoms with Gasteiger partial charge in [-0.15, -0.1) is 22.7 Å². The van der Waals surface area contributed by atoms with Crippen LogP contribution < -0.4 is 4.90 Å². The van der Waals surface area contributed by atoms with Gasteiger partial charge < -0.3 is 9.32 Å². The number of rotatable bonds is 3. The van der Waals surface area contributed by atoms with Crippen molar-refractivity contribution in [2.24, 2.45) is 0 Å². The van der Waals surface area contributed by atoms with Gasteiger partial charge in [-0.25, -0.2) is 0 Å². The molecule has 2 nitrogen and oxygen atoms in total. The maximum Gasteiger partial charge on any atom is 0.137 e. The van der Waals surface area contributed by atoms with Crippen molar-refractivity contribution in [2.75, 3.05) is 4.90 Å². The van der Waals surface area contributed by atoms with Gasteiger partial charge in [0.25, 0.3) is 0 Å². The maximum absolute atomic E-state index is 6.37. The smallest absolute Gasteiger partial charge is 0.137 e. The lowest BCUT2D eigenvalue weighted by molar-refractivity contribution is 0.669. The minimum atomic E-state index is 0.891. The van der Waals surface area contributed by atoms with Crippen LogP contribution >= 0.6 is 22.7 Å². The topological polar surface area (TPSA) is 16.4 Å². The molecule has 0 amide bonds. The van der Waals surface area contributed by atoms with E-state index >= 15 is 0 Å². The van der Waals surface area contributed by atoms with Crippen LogP contribution in [0.3, 0.4) is 0 Å². The highest BCUT2D eigenvalue weighted by atomic mass is 32.1. The molecule has 3 heterocycles. The van der Waals surface area contributed by atoms with Crippen molar-refractivity contribution in [2.45, 2.75) is 0 Å². The van der Waals surface area contributed by atoms with Crippen LogP contribution in [0.4, 0.5) is 17.1 Å². The molecule has 206 valence electrons. The van der Waals surface area contributed by atoms with Gasteiger partial charge in [0.15, 0.2) is 0 Å². The molecule has 0 aliphatic carbocycles. The molecule has 0 spiro atoms. The molecule has 0 unspecified atom stereocenters. The van der Waals surface area contributed by atoms with Gasteiger partial charge in [-0.1, -0.05) is 66.7 Å². The summed E-state index contributed by atoms with van der Waals surface area (Å²) in [7, 11) is 0. The fourth-order valence-electron chi connectivity index (χ4n) is 6.82. The summed E-state index contributed by atoms with van der Waals surface area (Å²) in [5, 5.41) is 10.0. The van der Waals surface area contributed by atoms with Crippen LogP contribution in [0.5, 0.6) is 0 Å². The molecule has 0 saturated heterocycles. The highest BCUT2D eigenvalue weighted by Crippen LogP contribution is 2.44. The SMILES string of the molecule is c1ccc2c(c1)oc1cc(N(c3ccc4sc5ccccc5c4c3)c3ccc4ccc5sc6ccccc6c5c4c3)ccc12. The zero-order valence-electron chi connectivity index (χ0n) is 23.5. The summed E-state index contributed by atoms with van der Waals surface area (Å²) in [6.45, 7) is 0. The third-order valence-electron chi connectivity index (χ3n) is 8.84. The number of para-hydroxylation sites is 1. The molecule has 0 radical (unpaired) electrons. The van der Waals surface area contributed by atoms with Crippen molar-refractivity contribution in [1.29, 1.82) is 0 Å². The minimum absolute atomic E-state index is 0.891. The molecule has 0 aliphatic heterocycles. The Kier molecular flexibility index (Phi) is 5.06. The number of fused-ring (bicyclic) bond motifs is 11. The van der Waals surface area contributed by atoms with Crippen LogP contribution in [0, 0.1) is 0 Å². The van der Waals surface area contributed by atoms with E-state index in [0.717, 1.165) is 39.0 Å². The van der Waals surface area contributed by atoms with Gasteiger partial charge in [-0.2, -0.15) is 0 Å². The van der Waals surface area contributed by atoms with Gasteiger partial charge in [-0.05, 0) is 77.5 Å². The second kappa shape index (κ2) is 9.17. The second-order valence-electron chi connectivity index (χ2n) is 11.3. The third kappa shape index (κ3) is 3.53. The van der Waals surface area contributed by atoms with Crippen LogP contribution in [-0.2, 0) is 0 Å². The van der Waals surface area contributed by atoms with E-state index in [1.165, 1.54) is 51.1 Å². The first-order valence-electron chi connectivity index (χ1n) is 14.8. The zero-order chi connectivity index (χ0) is 28.8. The average molecular weight is 598 g/mol. The fraction of sp³-hybridized carbons (Fsp3) is 0. The Balaban J connectivity index is 1.26. The lowest BCUT2D eigenvalue weighted by Crippen LogP contribution is -2.09. The molecule has 44 heavy (non-hydrogen) atoms. The van der Waals surface area contributed by atoms with E-state index in [1.807, 2.05) is 34.8 Å². The first-order valence-corrected chi connectivity index (χ1v) is 16.4. The predicted molar refractivity (Wildman–Crippen MR) is 192 cm³/mol. The van der Waals surface area contributed by atoms with E-state index in [4.69, 9.17) is 4.42 Å². The summed E-state index contributed by atoms with van der Waals surface area (Å²) in [6, 6.07) is 50.6. The van der Waals surface area contributed by atoms with Gasteiger partial charge in [0.2, 0.25) is 0 Å². The molecule has 3 aromatic heterocycles. The van der Waals surface area contributed by atoms with Gasteiger partial charge in [0.1, 0.15) is 11.2 Å². The Bertz CT molecular complexity index is 2750. The lowest BCUT2D eigenvalue weighted by atomic mass is 10.0. The summed E-state index contributed by atoms with van der Waals surface area (Å²) in [5.41, 5.74) is 5.11. The summed E-state index contributed by atoms with van der Waals surface area (Å²) < 4.78 is 11.6. The highest BCUT2D eigenvalue weighted by molar-refractivity contribution is 7.26. The molecule has 0 fully saturated rings. The van der Waals surface area contributed by atoms with E-state index < -0.39 is 0 Å². The van der Waals surface area contributed by atoms with Crippen molar-refractivity contribution in [1.82, 2.24) is 0 Å². The molecular weight excluding hydrogens is 575 g/mol. The Labute approximate surface area is 260 Å². The van der Waals surface area contributed by atoms with Crippen molar-refractivity contribution in [3.05, 3.63) is 140 Å². The molecule has 4 heteroatoms. The number of hydrogen-bond acceptors (Lipinski definition) is 4. The molecule has 0 saturated carbocycles. The Morgan fingerprint density at radius 1 is 0.386 bits per heavy atom. The van der Waals surface area contributed by atoms with Gasteiger partial charge in [-0.3, -0.25) is 0 Å². The van der Waals surface area contributed by atoms with Gasteiger partial charge in [0, 0.05) is 74.2 Å². The quantitative estimate of drug-likeness (QED) is 0.201. The van der Waals surface area contributed by atoms with Crippen LogP contribution in [-0.4, -0.2) is 0 Å². The molecule has 0 aliphatic rings. The van der Waals surface area contributed by atoms with Crippen molar-refractivity contribution >= 4 is 113 Å². The van der Waals surface area contributed by atoms with Gasteiger partial charge in [0.05, 0.1) is 0 Å². The number of thiophene rings is 2. The van der Waals surface area contributed by atoms with Crippen LogP contribution in [0.2, 0.25) is 0 Å². The molecule has 0 N–H and O–H groups in total. The lowest BCUT2D eigenvalue weighted by Gasteiger charge is -2.26. The van der Waals surface area contributed by atoms with Crippen molar-refractivity contribution in [3.63, 3.8) is 0 Å². The second-order valence-corrected chi connectivity index (χ2v) is 13.5. The summed E-state index contributed by atoms with van der Waals surface area (Å²) in [4.78, 5) is 2.38. The first kappa shape index (κ1) is 24.3. The largest absolute Gasteiger partial charge is 0.456 e. The summed E-state index contributed by atoms with van der Waals surface area (Å²) in [5.74, 6) is 0. The van der Waals surface area contributed by atoms with E-state index in [9.17, 15) is 0 Å². The average Bonchev–Trinajstić information content (AvgIpc) is 3.75. The Morgan fingerprint density at radius 3 is 1.84 bits per heavy atom. The zero-order valence-corrected chi connectivity index (χ0v) is 25.1. The molecule has 0 atom stereocenters. The van der Waals surface area contributed by atoms with Gasteiger partial charge >= 0.3 is 0 Å². The van der Waals surface area contributed by atoms with E-state index in [2.05, 4.69) is 132 Å². The highest BCUT2D eigenvalue weighted by Gasteiger charge is 2.18. The molecule has 10 aromatic rings. The van der Waals surface area contributed by atoms with Crippen LogP contribution in [0.25, 0.3) is 73.1 Å². The monoisotopic (exact) mass is 597 g/mol. The molecular formula is C40H23NOS2. The molecule has 7 aromatic carbocycles. The first-order chi connectivity index (χ1) is 21.8. The van der Waals surface area contributed by atoms with Crippen LogP contribution in [0.15, 0.2) is 144 Å². The fourth-order valence-corrected chi connectivity index (χ4v) is 9.03. The van der Waals surface area contributed by atoms with Crippen molar-refractivity contribution < 1.29 is 4.42 Å². The van der Waals surface area contributed by atoms with E-state index in [0.29, 0.717) is 0 Å². The number of anilines is 3. The number of hydrogen-bond donors (Lipinski definition) is 0. The van der Waals surface area contributed by atoms with Crippen LogP contribution in [0.1, 0.15) is 0 Å². The summed E-state index contributed by atoms with van der Waals surface area (Å²) in [6.07, 6.45) is 0. The molecule has 10 rings (SSSR count). The minimum Gasteiger partial charge on any atom is -0.456 e. The number of furan rings is 1. The number of nitrogens with zero attached hydrogens (tertiary/aromatic N) is 1. The Morgan fingerprint density at radius 2 is 0.955 bits per heavy atom. The standard InChI is InChI=1S/C40H23NOS2/c1-4-10-34-28(7-1)29-18-16-27(23-35(29)42-34)41(26-17-20-38-33(22-26)30-8-2-5-11-36(30)43-38)25-15-13-24-14-19-39-40(32(24)21-25)31-9-3-6-12-37(31)44-39/h1-23H. The summed E-state index contributed by atoms with van der Waals surface area (Å²) >= 11 is 3.72. The third-order valence-corrected chi connectivity index (χ3v) is 11.1. The normalized spacial score (nSPS) is 12.1.